The summed E-state index contributed by atoms with van der Waals surface area (Å²) in [7, 11) is 0. The van der Waals surface area contributed by atoms with Crippen LogP contribution in [0.15, 0.2) is 65.5 Å². The van der Waals surface area contributed by atoms with Gasteiger partial charge in [0.2, 0.25) is 5.95 Å². The quantitative estimate of drug-likeness (QED) is 0.776. The molecule has 2 N–H and O–H groups in total. The highest BCUT2D eigenvalue weighted by Crippen LogP contribution is 2.19. The van der Waals surface area contributed by atoms with Crippen LogP contribution in [0, 0.1) is 11.3 Å². The highest BCUT2D eigenvalue weighted by atomic mass is 16.1. The molecule has 0 radical (unpaired) electrons. The summed E-state index contributed by atoms with van der Waals surface area (Å²) in [6.07, 6.45) is 0. The summed E-state index contributed by atoms with van der Waals surface area (Å²) in [4.78, 5) is 19.1. The predicted octanol–water partition coefficient (Wildman–Crippen LogP) is 2.92. The third kappa shape index (κ3) is 3.27. The molecular weight excluding hydrogens is 288 g/mol. The average molecular weight is 302 g/mol. The van der Waals surface area contributed by atoms with Crippen molar-refractivity contribution in [3.63, 3.8) is 0 Å². The largest absolute Gasteiger partial charge is 0.352 e. The lowest BCUT2D eigenvalue weighted by atomic mass is 10.1. The molecule has 0 unspecified atom stereocenters. The number of rotatable bonds is 4. The van der Waals surface area contributed by atoms with E-state index in [0.717, 1.165) is 11.1 Å². The number of anilines is 1. The van der Waals surface area contributed by atoms with Gasteiger partial charge in [-0.15, -0.1) is 0 Å². The van der Waals surface area contributed by atoms with Crippen molar-refractivity contribution in [3.05, 3.63) is 82.1 Å². The van der Waals surface area contributed by atoms with E-state index in [0.29, 0.717) is 18.2 Å². The Morgan fingerprint density at radius 2 is 1.70 bits per heavy atom. The lowest BCUT2D eigenvalue weighted by molar-refractivity contribution is 1.03. The van der Waals surface area contributed by atoms with Gasteiger partial charge in [-0.3, -0.25) is 9.78 Å². The molecule has 0 bridgehead atoms. The Balaban J connectivity index is 1.95. The predicted molar refractivity (Wildman–Crippen MR) is 88.8 cm³/mol. The van der Waals surface area contributed by atoms with Gasteiger partial charge < -0.3 is 5.32 Å². The van der Waals surface area contributed by atoms with Crippen molar-refractivity contribution < 1.29 is 0 Å². The van der Waals surface area contributed by atoms with Crippen molar-refractivity contribution in [3.8, 4) is 17.3 Å². The molecule has 2 aromatic carbocycles. The van der Waals surface area contributed by atoms with E-state index in [4.69, 9.17) is 0 Å². The maximum absolute atomic E-state index is 12.1. The minimum Gasteiger partial charge on any atom is -0.352 e. The molecule has 112 valence electrons. The van der Waals surface area contributed by atoms with Gasteiger partial charge >= 0.3 is 0 Å². The molecule has 0 fully saturated rings. The monoisotopic (exact) mass is 302 g/mol. The maximum Gasteiger partial charge on any atom is 0.270 e. The summed E-state index contributed by atoms with van der Waals surface area (Å²) >= 11 is 0. The molecule has 0 saturated carbocycles. The van der Waals surface area contributed by atoms with Gasteiger partial charge in [0, 0.05) is 12.1 Å². The summed E-state index contributed by atoms with van der Waals surface area (Å²) in [6, 6.07) is 20.9. The number of nitrogens with zero attached hydrogens (tertiary/aromatic N) is 2. The third-order valence-corrected chi connectivity index (χ3v) is 3.38. The molecule has 5 nitrogen and oxygen atoms in total. The fourth-order valence-corrected chi connectivity index (χ4v) is 2.25. The number of aromatic nitrogens is 2. The van der Waals surface area contributed by atoms with E-state index in [1.165, 1.54) is 0 Å². The van der Waals surface area contributed by atoms with Crippen molar-refractivity contribution >= 4 is 5.95 Å². The average Bonchev–Trinajstić information content (AvgIpc) is 2.61. The SMILES string of the molecule is N#Cc1c(-c2ccccc2)nc(NCc2ccccc2)[nH]c1=O. The summed E-state index contributed by atoms with van der Waals surface area (Å²) in [6.45, 7) is 0.532. The van der Waals surface area contributed by atoms with Crippen LogP contribution >= 0.6 is 0 Å². The van der Waals surface area contributed by atoms with Crippen molar-refractivity contribution in [2.45, 2.75) is 6.54 Å². The number of hydrogen-bond acceptors (Lipinski definition) is 4. The topological polar surface area (TPSA) is 81.6 Å². The first-order valence-electron chi connectivity index (χ1n) is 7.15. The second kappa shape index (κ2) is 6.58. The van der Waals surface area contributed by atoms with E-state index in [-0.39, 0.29) is 5.56 Å². The number of benzene rings is 2. The third-order valence-electron chi connectivity index (χ3n) is 3.38. The first-order valence-corrected chi connectivity index (χ1v) is 7.15. The summed E-state index contributed by atoms with van der Waals surface area (Å²) in [5.74, 6) is 0.344. The number of H-pyrrole nitrogens is 1. The van der Waals surface area contributed by atoms with Gasteiger partial charge in [-0.25, -0.2) is 4.98 Å². The Morgan fingerprint density at radius 3 is 2.35 bits per heavy atom. The number of nitriles is 1. The zero-order valence-corrected chi connectivity index (χ0v) is 12.3. The van der Waals surface area contributed by atoms with Crippen LogP contribution in [-0.2, 0) is 6.54 Å². The molecule has 1 heterocycles. The van der Waals surface area contributed by atoms with E-state index < -0.39 is 5.56 Å². The van der Waals surface area contributed by atoms with Crippen LogP contribution < -0.4 is 10.9 Å². The van der Waals surface area contributed by atoms with Gasteiger partial charge in [0.05, 0.1) is 5.69 Å². The molecule has 3 aromatic rings. The van der Waals surface area contributed by atoms with Crippen molar-refractivity contribution in [2.75, 3.05) is 5.32 Å². The van der Waals surface area contributed by atoms with E-state index in [9.17, 15) is 10.1 Å². The molecule has 1 aromatic heterocycles. The second-order valence-corrected chi connectivity index (χ2v) is 4.96. The van der Waals surface area contributed by atoms with Crippen LogP contribution in [0.1, 0.15) is 11.1 Å². The summed E-state index contributed by atoms with van der Waals surface area (Å²) in [5.41, 5.74) is 1.75. The molecule has 3 rings (SSSR count). The zero-order valence-electron chi connectivity index (χ0n) is 12.3. The van der Waals surface area contributed by atoms with Gasteiger partial charge in [-0.1, -0.05) is 60.7 Å². The first-order chi connectivity index (χ1) is 11.3. The Bertz CT molecular complexity index is 896. The van der Waals surface area contributed by atoms with E-state index in [2.05, 4.69) is 15.3 Å². The molecule has 0 saturated heterocycles. The van der Waals surface area contributed by atoms with Crippen LogP contribution in [0.5, 0.6) is 0 Å². The zero-order chi connectivity index (χ0) is 16.1. The van der Waals surface area contributed by atoms with Gasteiger partial charge in [0.25, 0.3) is 5.56 Å². The fourth-order valence-electron chi connectivity index (χ4n) is 2.25. The van der Waals surface area contributed by atoms with Crippen molar-refractivity contribution in [1.82, 2.24) is 9.97 Å². The Hall–Kier alpha value is -3.39. The molecule has 0 spiro atoms. The van der Waals surface area contributed by atoms with Crippen LogP contribution in [0.4, 0.5) is 5.95 Å². The highest BCUT2D eigenvalue weighted by Gasteiger charge is 2.12. The molecule has 0 atom stereocenters. The summed E-state index contributed by atoms with van der Waals surface area (Å²) < 4.78 is 0. The van der Waals surface area contributed by atoms with Crippen LogP contribution in [0.2, 0.25) is 0 Å². The van der Waals surface area contributed by atoms with E-state index >= 15 is 0 Å². The minimum absolute atomic E-state index is 0.0152. The molecule has 0 aliphatic carbocycles. The van der Waals surface area contributed by atoms with Crippen LogP contribution in [-0.4, -0.2) is 9.97 Å². The van der Waals surface area contributed by atoms with Gasteiger partial charge in [-0.05, 0) is 5.56 Å². The molecule has 0 aliphatic heterocycles. The second-order valence-electron chi connectivity index (χ2n) is 4.96. The van der Waals surface area contributed by atoms with Crippen LogP contribution in [0.25, 0.3) is 11.3 Å². The van der Waals surface area contributed by atoms with E-state index in [1.807, 2.05) is 66.7 Å². The van der Waals surface area contributed by atoms with Gasteiger partial charge in [0.1, 0.15) is 11.6 Å². The molecule has 0 aliphatic rings. The highest BCUT2D eigenvalue weighted by molar-refractivity contribution is 5.66. The smallest absolute Gasteiger partial charge is 0.270 e. The minimum atomic E-state index is -0.447. The normalized spacial score (nSPS) is 10.0. The number of nitrogens with one attached hydrogen (secondary N) is 2. The fraction of sp³-hybridized carbons (Fsp3) is 0.0556. The molecule has 0 amide bonds. The Morgan fingerprint density at radius 1 is 1.04 bits per heavy atom. The lowest BCUT2D eigenvalue weighted by Crippen LogP contribution is -2.17. The number of hydrogen-bond donors (Lipinski definition) is 2. The van der Waals surface area contributed by atoms with Crippen molar-refractivity contribution in [2.24, 2.45) is 0 Å². The van der Waals surface area contributed by atoms with Crippen molar-refractivity contribution in [1.29, 1.82) is 5.26 Å². The standard InChI is InChI=1S/C18H14N4O/c19-11-15-16(14-9-5-2-6-10-14)21-18(22-17(15)23)20-12-13-7-3-1-4-8-13/h1-10H,12H2,(H2,20,21,22,23). The lowest BCUT2D eigenvalue weighted by Gasteiger charge is -2.08. The van der Waals surface area contributed by atoms with Crippen LogP contribution in [0.3, 0.4) is 0 Å². The Kier molecular flexibility index (Phi) is 4.16. The Labute approximate surface area is 133 Å². The first kappa shape index (κ1) is 14.5. The molecule has 5 heteroatoms. The maximum atomic E-state index is 12.1. The van der Waals surface area contributed by atoms with Gasteiger partial charge in [-0.2, -0.15) is 5.26 Å². The molecule has 23 heavy (non-hydrogen) atoms. The van der Waals surface area contributed by atoms with E-state index in [1.54, 1.807) is 0 Å². The molecular formula is C18H14N4O. The number of aromatic amines is 1. The summed E-state index contributed by atoms with van der Waals surface area (Å²) in [5, 5.41) is 12.3. The van der Waals surface area contributed by atoms with Gasteiger partial charge in [0.15, 0.2) is 0 Å².